The molecule has 1 rings (SSSR count). The van der Waals surface area contributed by atoms with Crippen LogP contribution < -0.4 is 0 Å². The average molecular weight is 196 g/mol. The molecule has 0 aromatic heterocycles. The van der Waals surface area contributed by atoms with Crippen LogP contribution >= 0.6 is 0 Å². The Balaban J connectivity index is 2.78. The van der Waals surface area contributed by atoms with E-state index in [0.29, 0.717) is 12.0 Å². The third-order valence-electron chi connectivity index (χ3n) is 2.19. The highest BCUT2D eigenvalue weighted by atomic mass is 19.1. The van der Waals surface area contributed by atoms with Crippen LogP contribution in [-0.2, 0) is 11.2 Å². The Morgan fingerprint density at radius 1 is 1.57 bits per heavy atom. The van der Waals surface area contributed by atoms with Crippen LogP contribution in [0.1, 0.15) is 18.1 Å². The molecule has 0 amide bonds. The van der Waals surface area contributed by atoms with Gasteiger partial charge in [-0.1, -0.05) is 19.1 Å². The van der Waals surface area contributed by atoms with Crippen molar-refractivity contribution < 1.29 is 14.3 Å². The maximum atomic E-state index is 12.9. The highest BCUT2D eigenvalue weighted by molar-refractivity contribution is 5.69. The summed E-state index contributed by atoms with van der Waals surface area (Å²) < 4.78 is 12.9. The number of benzene rings is 1. The number of carboxylic acids is 1. The van der Waals surface area contributed by atoms with E-state index >= 15 is 0 Å². The maximum Gasteiger partial charge on any atom is 0.306 e. The van der Waals surface area contributed by atoms with Gasteiger partial charge in [-0.25, -0.2) is 4.39 Å². The predicted octanol–water partition coefficient (Wildman–Crippen LogP) is 2.40. The minimum absolute atomic E-state index is 0.253. The summed E-state index contributed by atoms with van der Waals surface area (Å²) in [6, 6.07) is 4.69. The first-order chi connectivity index (χ1) is 6.50. The summed E-state index contributed by atoms with van der Waals surface area (Å²) in [5.74, 6) is -1.51. The van der Waals surface area contributed by atoms with Crippen molar-refractivity contribution in [2.45, 2.75) is 20.3 Å². The van der Waals surface area contributed by atoms with E-state index in [1.165, 1.54) is 6.07 Å². The lowest BCUT2D eigenvalue weighted by Crippen LogP contribution is -2.12. The van der Waals surface area contributed by atoms with Gasteiger partial charge in [0.05, 0.1) is 5.92 Å². The topological polar surface area (TPSA) is 37.3 Å². The van der Waals surface area contributed by atoms with Gasteiger partial charge in [0.1, 0.15) is 5.82 Å². The molecule has 76 valence electrons. The van der Waals surface area contributed by atoms with Crippen molar-refractivity contribution in [3.05, 3.63) is 35.1 Å². The van der Waals surface area contributed by atoms with Crippen LogP contribution in [0.2, 0.25) is 0 Å². The van der Waals surface area contributed by atoms with Gasteiger partial charge >= 0.3 is 5.97 Å². The van der Waals surface area contributed by atoms with Gasteiger partial charge in [-0.05, 0) is 30.5 Å². The predicted molar refractivity (Wildman–Crippen MR) is 51.6 cm³/mol. The van der Waals surface area contributed by atoms with E-state index in [1.807, 2.05) is 0 Å². The van der Waals surface area contributed by atoms with Gasteiger partial charge < -0.3 is 5.11 Å². The summed E-state index contributed by atoms with van der Waals surface area (Å²) in [4.78, 5) is 10.6. The zero-order valence-electron chi connectivity index (χ0n) is 8.25. The van der Waals surface area contributed by atoms with Crippen molar-refractivity contribution in [1.29, 1.82) is 0 Å². The Morgan fingerprint density at radius 2 is 2.21 bits per heavy atom. The van der Waals surface area contributed by atoms with Crippen molar-refractivity contribution in [2.24, 2.45) is 5.92 Å². The first-order valence-electron chi connectivity index (χ1n) is 4.48. The van der Waals surface area contributed by atoms with Crippen molar-refractivity contribution in [1.82, 2.24) is 0 Å². The third kappa shape index (κ3) is 2.55. The maximum absolute atomic E-state index is 12.9. The lowest BCUT2D eigenvalue weighted by atomic mass is 10.00. The molecular formula is C11H13FO2. The fourth-order valence-electron chi connectivity index (χ4n) is 1.27. The highest BCUT2D eigenvalue weighted by Gasteiger charge is 2.11. The van der Waals surface area contributed by atoms with Crippen LogP contribution in [0.15, 0.2) is 18.2 Å². The van der Waals surface area contributed by atoms with E-state index in [2.05, 4.69) is 0 Å². The lowest BCUT2D eigenvalue weighted by Gasteiger charge is -2.07. The summed E-state index contributed by atoms with van der Waals surface area (Å²) in [7, 11) is 0. The Bertz CT molecular complexity index is 347. The van der Waals surface area contributed by atoms with Crippen molar-refractivity contribution >= 4 is 5.97 Å². The van der Waals surface area contributed by atoms with Crippen LogP contribution in [0.25, 0.3) is 0 Å². The van der Waals surface area contributed by atoms with E-state index in [-0.39, 0.29) is 5.82 Å². The number of hydrogen-bond acceptors (Lipinski definition) is 1. The molecule has 14 heavy (non-hydrogen) atoms. The second-order valence-corrected chi connectivity index (χ2v) is 3.53. The molecule has 0 fully saturated rings. The number of aliphatic carboxylic acids is 1. The van der Waals surface area contributed by atoms with Gasteiger partial charge in [0, 0.05) is 0 Å². The first-order valence-corrected chi connectivity index (χ1v) is 4.48. The fourth-order valence-corrected chi connectivity index (χ4v) is 1.27. The quantitative estimate of drug-likeness (QED) is 0.806. The monoisotopic (exact) mass is 196 g/mol. The Kier molecular flexibility index (Phi) is 3.23. The number of aryl methyl sites for hydroxylation is 1. The van der Waals surface area contributed by atoms with E-state index in [9.17, 15) is 9.18 Å². The second-order valence-electron chi connectivity index (χ2n) is 3.53. The molecule has 0 saturated heterocycles. The standard InChI is InChI=1S/C11H13FO2/c1-7-5-9(3-4-10(7)12)6-8(2)11(13)14/h3-5,8H,6H2,1-2H3,(H,13,14)/t8-/m0/s1. The third-order valence-corrected chi connectivity index (χ3v) is 2.19. The largest absolute Gasteiger partial charge is 0.481 e. The Morgan fingerprint density at radius 3 is 2.71 bits per heavy atom. The number of halogens is 1. The molecule has 0 aliphatic rings. The molecule has 1 aromatic rings. The minimum atomic E-state index is -0.827. The Labute approximate surface area is 82.4 Å². The molecule has 0 saturated carbocycles. The number of rotatable bonds is 3. The van der Waals surface area contributed by atoms with Crippen LogP contribution in [0.4, 0.5) is 4.39 Å². The number of carbonyl (C=O) groups is 1. The molecule has 2 nitrogen and oxygen atoms in total. The highest BCUT2D eigenvalue weighted by Crippen LogP contribution is 2.13. The van der Waals surface area contributed by atoms with E-state index in [1.54, 1.807) is 26.0 Å². The van der Waals surface area contributed by atoms with Crippen molar-refractivity contribution in [2.75, 3.05) is 0 Å². The zero-order chi connectivity index (χ0) is 10.7. The van der Waals surface area contributed by atoms with Gasteiger partial charge in [-0.15, -0.1) is 0 Å². The van der Waals surface area contributed by atoms with Crippen LogP contribution in [-0.4, -0.2) is 11.1 Å². The number of hydrogen-bond donors (Lipinski definition) is 1. The molecule has 0 heterocycles. The van der Waals surface area contributed by atoms with Crippen LogP contribution in [0.5, 0.6) is 0 Å². The van der Waals surface area contributed by atoms with E-state index in [0.717, 1.165) is 5.56 Å². The lowest BCUT2D eigenvalue weighted by molar-refractivity contribution is -0.141. The van der Waals surface area contributed by atoms with Crippen LogP contribution in [0.3, 0.4) is 0 Å². The molecule has 1 atom stereocenters. The fraction of sp³-hybridized carbons (Fsp3) is 0.364. The summed E-state index contributed by atoms with van der Waals surface area (Å²) in [5.41, 5.74) is 1.42. The summed E-state index contributed by atoms with van der Waals surface area (Å²) >= 11 is 0. The van der Waals surface area contributed by atoms with Gasteiger partial charge in [0.2, 0.25) is 0 Å². The molecule has 0 aliphatic carbocycles. The van der Waals surface area contributed by atoms with E-state index in [4.69, 9.17) is 5.11 Å². The second kappa shape index (κ2) is 4.22. The van der Waals surface area contributed by atoms with Crippen molar-refractivity contribution in [3.63, 3.8) is 0 Å². The smallest absolute Gasteiger partial charge is 0.306 e. The molecule has 1 N–H and O–H groups in total. The average Bonchev–Trinajstić information content (AvgIpc) is 2.11. The normalized spacial score (nSPS) is 12.5. The van der Waals surface area contributed by atoms with Crippen molar-refractivity contribution in [3.8, 4) is 0 Å². The molecule has 0 spiro atoms. The summed E-state index contributed by atoms with van der Waals surface area (Å²) in [6.07, 6.45) is 0.441. The molecule has 0 unspecified atom stereocenters. The molecule has 0 radical (unpaired) electrons. The molecule has 0 aliphatic heterocycles. The molecule has 3 heteroatoms. The Hall–Kier alpha value is -1.38. The van der Waals surface area contributed by atoms with Crippen LogP contribution in [0, 0.1) is 18.7 Å². The molecule has 0 bridgehead atoms. The van der Waals surface area contributed by atoms with Gasteiger partial charge in [0.25, 0.3) is 0 Å². The summed E-state index contributed by atoms with van der Waals surface area (Å²) in [6.45, 7) is 3.31. The van der Waals surface area contributed by atoms with Gasteiger partial charge in [0.15, 0.2) is 0 Å². The minimum Gasteiger partial charge on any atom is -0.481 e. The van der Waals surface area contributed by atoms with Gasteiger partial charge in [-0.2, -0.15) is 0 Å². The van der Waals surface area contributed by atoms with Gasteiger partial charge in [-0.3, -0.25) is 4.79 Å². The van der Waals surface area contributed by atoms with E-state index < -0.39 is 11.9 Å². The molecular weight excluding hydrogens is 183 g/mol. The zero-order valence-corrected chi connectivity index (χ0v) is 8.25. The summed E-state index contributed by atoms with van der Waals surface area (Å²) in [5, 5.41) is 8.69. The number of carboxylic acid groups (broad SMARTS) is 1. The SMILES string of the molecule is Cc1cc(C[C@H](C)C(=O)O)ccc1F. The molecule has 1 aromatic carbocycles. The first kappa shape index (κ1) is 10.7.